The summed E-state index contributed by atoms with van der Waals surface area (Å²) in [5, 5.41) is 0. The Hall–Kier alpha value is -3.68. The Kier molecular flexibility index (Phi) is 8.90. The van der Waals surface area contributed by atoms with E-state index in [0.717, 1.165) is 51.1 Å². The van der Waals surface area contributed by atoms with E-state index >= 15 is 0 Å². The monoisotopic (exact) mass is 606 g/mol. The maximum absolute atomic E-state index is 6.16. The number of fused-ring (bicyclic) bond motifs is 3. The van der Waals surface area contributed by atoms with Gasteiger partial charge < -0.3 is 28.4 Å². The zero-order valence-corrected chi connectivity index (χ0v) is 26.2. The molecule has 6 heteroatoms. The standard InChI is InChI=1S/C39H42O6/c1-27(42-25-29-21-40-22-29)19-44-33-15-11-31(12-16-33)39(37-9-5-3-7-35(37)36-8-4-6-10-38(36)39)32-13-17-34(18-14-32)45-20-28(2)43-26-30-23-41-24-30/h3-18,27-30H,19-26H2,1-2H3. The molecule has 2 heterocycles. The van der Waals surface area contributed by atoms with Crippen LogP contribution in [-0.2, 0) is 24.4 Å². The molecule has 2 aliphatic heterocycles. The van der Waals surface area contributed by atoms with E-state index < -0.39 is 5.41 Å². The third kappa shape index (κ3) is 6.12. The molecule has 4 aromatic rings. The highest BCUT2D eigenvalue weighted by molar-refractivity contribution is 5.86. The first-order valence-corrected chi connectivity index (χ1v) is 16.2. The number of hydrogen-bond donors (Lipinski definition) is 0. The molecule has 2 fully saturated rings. The molecule has 0 N–H and O–H groups in total. The van der Waals surface area contributed by atoms with Crippen LogP contribution in [0, 0.1) is 11.8 Å². The van der Waals surface area contributed by atoms with E-state index in [1.165, 1.54) is 33.4 Å². The Morgan fingerprint density at radius 3 is 1.36 bits per heavy atom. The molecule has 234 valence electrons. The number of hydrogen-bond acceptors (Lipinski definition) is 6. The predicted molar refractivity (Wildman–Crippen MR) is 174 cm³/mol. The second-order valence-corrected chi connectivity index (χ2v) is 12.6. The molecular formula is C39H42O6. The summed E-state index contributed by atoms with van der Waals surface area (Å²) in [5.41, 5.74) is 6.98. The SMILES string of the molecule is CC(COc1ccc(C2(c3ccc(OCC(C)OCC4COC4)cc3)c3ccccc3-c3ccccc32)cc1)OCC1COC1. The fraction of sp³-hybridized carbons (Fsp3) is 0.385. The van der Waals surface area contributed by atoms with Gasteiger partial charge in [0.05, 0.1) is 57.3 Å². The molecule has 2 atom stereocenters. The van der Waals surface area contributed by atoms with Gasteiger partial charge in [0.25, 0.3) is 0 Å². The lowest BCUT2D eigenvalue weighted by atomic mass is 9.68. The first-order valence-electron chi connectivity index (χ1n) is 16.2. The van der Waals surface area contributed by atoms with Crippen molar-refractivity contribution in [2.75, 3.05) is 52.9 Å². The average molecular weight is 607 g/mol. The Balaban J connectivity index is 1.14. The molecule has 0 radical (unpaired) electrons. The highest BCUT2D eigenvalue weighted by Crippen LogP contribution is 2.56. The van der Waals surface area contributed by atoms with Crippen molar-refractivity contribution in [1.82, 2.24) is 0 Å². The quantitative estimate of drug-likeness (QED) is 0.137. The molecule has 0 amide bonds. The summed E-state index contributed by atoms with van der Waals surface area (Å²) in [4.78, 5) is 0. The van der Waals surface area contributed by atoms with Gasteiger partial charge in [-0.1, -0.05) is 72.8 Å². The minimum atomic E-state index is -0.479. The first kappa shape index (κ1) is 30.0. The molecular weight excluding hydrogens is 564 g/mol. The van der Waals surface area contributed by atoms with Gasteiger partial charge in [0.1, 0.15) is 24.7 Å². The lowest BCUT2D eigenvalue weighted by Gasteiger charge is -2.34. The maximum Gasteiger partial charge on any atom is 0.119 e. The zero-order valence-electron chi connectivity index (χ0n) is 26.2. The van der Waals surface area contributed by atoms with Crippen molar-refractivity contribution in [3.8, 4) is 22.6 Å². The smallest absolute Gasteiger partial charge is 0.119 e. The molecule has 0 bridgehead atoms. The summed E-state index contributed by atoms with van der Waals surface area (Å²) in [5.74, 6) is 2.69. The molecule has 0 saturated carbocycles. The van der Waals surface area contributed by atoms with Crippen LogP contribution in [0.2, 0.25) is 0 Å². The molecule has 1 aliphatic carbocycles. The van der Waals surface area contributed by atoms with Crippen molar-refractivity contribution in [1.29, 1.82) is 0 Å². The molecule has 0 aromatic heterocycles. The van der Waals surface area contributed by atoms with Crippen molar-refractivity contribution in [3.63, 3.8) is 0 Å². The highest BCUT2D eigenvalue weighted by atomic mass is 16.5. The largest absolute Gasteiger partial charge is 0.491 e. The molecule has 2 unspecified atom stereocenters. The average Bonchev–Trinajstić information content (AvgIpc) is 3.33. The zero-order chi connectivity index (χ0) is 30.6. The van der Waals surface area contributed by atoms with Crippen LogP contribution in [0.3, 0.4) is 0 Å². The van der Waals surface area contributed by atoms with E-state index in [4.69, 9.17) is 28.4 Å². The Labute approximate surface area is 266 Å². The minimum Gasteiger partial charge on any atom is -0.491 e. The summed E-state index contributed by atoms with van der Waals surface area (Å²) >= 11 is 0. The number of rotatable bonds is 14. The van der Waals surface area contributed by atoms with Crippen LogP contribution in [0.15, 0.2) is 97.1 Å². The molecule has 7 rings (SSSR count). The molecule has 2 saturated heterocycles. The van der Waals surface area contributed by atoms with Crippen molar-refractivity contribution < 1.29 is 28.4 Å². The third-order valence-electron chi connectivity index (χ3n) is 9.14. The van der Waals surface area contributed by atoms with Crippen molar-refractivity contribution in [2.45, 2.75) is 31.5 Å². The van der Waals surface area contributed by atoms with Crippen LogP contribution in [0.1, 0.15) is 36.1 Å². The van der Waals surface area contributed by atoms with Gasteiger partial charge in [0, 0.05) is 11.8 Å². The Bertz CT molecular complexity index is 1440. The van der Waals surface area contributed by atoms with Gasteiger partial charge in [-0.05, 0) is 71.5 Å². The summed E-state index contributed by atoms with van der Waals surface area (Å²) in [6.07, 6.45) is 0.0238. The van der Waals surface area contributed by atoms with Crippen LogP contribution in [0.5, 0.6) is 11.5 Å². The van der Waals surface area contributed by atoms with Gasteiger partial charge in [-0.15, -0.1) is 0 Å². The summed E-state index contributed by atoms with van der Waals surface area (Å²) in [7, 11) is 0. The third-order valence-corrected chi connectivity index (χ3v) is 9.14. The molecule has 45 heavy (non-hydrogen) atoms. The Morgan fingerprint density at radius 1 is 0.578 bits per heavy atom. The van der Waals surface area contributed by atoms with E-state index in [0.29, 0.717) is 25.0 Å². The van der Waals surface area contributed by atoms with Gasteiger partial charge in [-0.25, -0.2) is 0 Å². The highest BCUT2D eigenvalue weighted by Gasteiger charge is 2.45. The van der Waals surface area contributed by atoms with Crippen molar-refractivity contribution in [3.05, 3.63) is 119 Å². The Morgan fingerprint density at radius 2 is 0.978 bits per heavy atom. The number of ether oxygens (including phenoxy) is 6. The van der Waals surface area contributed by atoms with E-state index in [2.05, 4.69) is 111 Å². The lowest BCUT2D eigenvalue weighted by Crippen LogP contribution is -2.33. The number of benzene rings is 4. The molecule has 0 spiro atoms. The van der Waals surface area contributed by atoms with Gasteiger partial charge in [0.15, 0.2) is 0 Å². The van der Waals surface area contributed by atoms with E-state index in [9.17, 15) is 0 Å². The van der Waals surface area contributed by atoms with Gasteiger partial charge in [-0.2, -0.15) is 0 Å². The minimum absolute atomic E-state index is 0.0119. The van der Waals surface area contributed by atoms with Crippen LogP contribution in [0.25, 0.3) is 11.1 Å². The van der Waals surface area contributed by atoms with E-state index in [1.54, 1.807) is 0 Å². The van der Waals surface area contributed by atoms with Gasteiger partial charge in [0.2, 0.25) is 0 Å². The van der Waals surface area contributed by atoms with E-state index in [-0.39, 0.29) is 12.2 Å². The van der Waals surface area contributed by atoms with Crippen LogP contribution in [0.4, 0.5) is 0 Å². The predicted octanol–water partition coefficient (Wildman–Crippen LogP) is 6.91. The normalized spacial score (nSPS) is 18.3. The second-order valence-electron chi connectivity index (χ2n) is 12.6. The summed E-state index contributed by atoms with van der Waals surface area (Å²) in [6.45, 7) is 9.74. The van der Waals surface area contributed by atoms with Gasteiger partial charge in [-0.3, -0.25) is 0 Å². The molecule has 3 aliphatic rings. The second kappa shape index (κ2) is 13.4. The van der Waals surface area contributed by atoms with E-state index in [1.807, 2.05) is 0 Å². The van der Waals surface area contributed by atoms with Crippen LogP contribution >= 0.6 is 0 Å². The fourth-order valence-corrected chi connectivity index (χ4v) is 6.51. The lowest BCUT2D eigenvalue weighted by molar-refractivity contribution is -0.0894. The van der Waals surface area contributed by atoms with Crippen molar-refractivity contribution in [2.24, 2.45) is 11.8 Å². The first-order chi connectivity index (χ1) is 22.1. The molecule has 4 aromatic carbocycles. The molecule has 6 nitrogen and oxygen atoms in total. The van der Waals surface area contributed by atoms with Crippen LogP contribution < -0.4 is 9.47 Å². The summed E-state index contributed by atoms with van der Waals surface area (Å²) in [6, 6.07) is 34.7. The topological polar surface area (TPSA) is 55.4 Å². The van der Waals surface area contributed by atoms with Gasteiger partial charge >= 0.3 is 0 Å². The summed E-state index contributed by atoms with van der Waals surface area (Å²) < 4.78 is 34.8. The van der Waals surface area contributed by atoms with Crippen LogP contribution in [-0.4, -0.2) is 65.1 Å². The fourth-order valence-electron chi connectivity index (χ4n) is 6.51. The van der Waals surface area contributed by atoms with Crippen molar-refractivity contribution >= 4 is 0 Å². The maximum atomic E-state index is 6.16.